The summed E-state index contributed by atoms with van der Waals surface area (Å²) in [6.45, 7) is 7.57. The molecular weight excluding hydrogens is 316 g/mol. The average molecular weight is 348 g/mol. The van der Waals surface area contributed by atoms with Gasteiger partial charge in [0.05, 0.1) is 13.2 Å². The second kappa shape index (κ2) is 8.72. The van der Waals surface area contributed by atoms with Gasteiger partial charge in [-0.1, -0.05) is 0 Å². The van der Waals surface area contributed by atoms with Gasteiger partial charge in [-0.2, -0.15) is 0 Å². The van der Waals surface area contributed by atoms with Crippen LogP contribution in [0.15, 0.2) is 18.3 Å². The van der Waals surface area contributed by atoms with E-state index < -0.39 is 0 Å². The molecule has 0 radical (unpaired) electrons. The number of likely N-dealkylation sites (tertiary alicyclic amines) is 1. The van der Waals surface area contributed by atoms with E-state index in [1.165, 1.54) is 5.69 Å². The van der Waals surface area contributed by atoms with E-state index in [4.69, 9.17) is 4.74 Å². The van der Waals surface area contributed by atoms with Crippen molar-refractivity contribution in [3.63, 3.8) is 0 Å². The molecule has 0 saturated carbocycles. The lowest BCUT2D eigenvalue weighted by molar-refractivity contribution is 0.0291. The Bertz CT molecular complexity index is 553. The van der Waals surface area contributed by atoms with E-state index in [9.17, 15) is 4.79 Å². The maximum Gasteiger partial charge on any atom is 0.317 e. The number of amides is 2. The van der Waals surface area contributed by atoms with Crippen LogP contribution in [-0.2, 0) is 18.2 Å². The molecule has 2 aliphatic rings. The summed E-state index contributed by atoms with van der Waals surface area (Å²) in [5.41, 5.74) is 1.31. The average Bonchev–Trinajstić information content (AvgIpc) is 3.23. The fraction of sp³-hybridized carbons (Fsp3) is 0.737. The van der Waals surface area contributed by atoms with Crippen molar-refractivity contribution in [3.05, 3.63) is 24.0 Å². The summed E-state index contributed by atoms with van der Waals surface area (Å²) in [4.78, 5) is 17.2. The van der Waals surface area contributed by atoms with Crippen LogP contribution in [0.25, 0.3) is 0 Å². The number of hydrogen-bond acceptors (Lipinski definition) is 3. The zero-order valence-corrected chi connectivity index (χ0v) is 15.6. The largest absolute Gasteiger partial charge is 0.379 e. The zero-order valence-electron chi connectivity index (χ0n) is 15.6. The van der Waals surface area contributed by atoms with Gasteiger partial charge in [0, 0.05) is 57.2 Å². The zero-order chi connectivity index (χ0) is 17.6. The summed E-state index contributed by atoms with van der Waals surface area (Å²) in [6, 6.07) is 4.85. The molecule has 3 rings (SSSR count). The van der Waals surface area contributed by atoms with Gasteiger partial charge in [0.2, 0.25) is 0 Å². The van der Waals surface area contributed by atoms with Crippen LogP contribution in [0, 0.1) is 0 Å². The van der Waals surface area contributed by atoms with Gasteiger partial charge < -0.3 is 19.5 Å². The first-order valence-corrected chi connectivity index (χ1v) is 9.61. The molecule has 140 valence electrons. The minimum atomic E-state index is 0.107. The van der Waals surface area contributed by atoms with E-state index in [0.29, 0.717) is 6.04 Å². The number of hydrogen-bond donors (Lipinski definition) is 1. The van der Waals surface area contributed by atoms with Crippen molar-refractivity contribution in [2.75, 3.05) is 39.4 Å². The Balaban J connectivity index is 1.45. The predicted molar refractivity (Wildman–Crippen MR) is 98.7 cm³/mol. The van der Waals surface area contributed by atoms with Gasteiger partial charge in [-0.15, -0.1) is 0 Å². The molecule has 1 aromatic heterocycles. The Morgan fingerprint density at radius 3 is 2.88 bits per heavy atom. The maximum absolute atomic E-state index is 12.7. The first-order valence-electron chi connectivity index (χ1n) is 9.61. The van der Waals surface area contributed by atoms with Gasteiger partial charge in [-0.3, -0.25) is 4.90 Å². The smallest absolute Gasteiger partial charge is 0.317 e. The highest BCUT2D eigenvalue weighted by Crippen LogP contribution is 2.19. The number of nitrogens with zero attached hydrogens (tertiary/aromatic N) is 3. The second-order valence-electron chi connectivity index (χ2n) is 7.40. The summed E-state index contributed by atoms with van der Waals surface area (Å²) in [7, 11) is 2.07. The molecule has 2 atom stereocenters. The van der Waals surface area contributed by atoms with Crippen molar-refractivity contribution in [2.24, 2.45) is 7.05 Å². The summed E-state index contributed by atoms with van der Waals surface area (Å²) in [6.07, 6.45) is 6.25. The lowest BCUT2D eigenvalue weighted by atomic mass is 10.1. The third kappa shape index (κ3) is 4.98. The maximum atomic E-state index is 12.7. The van der Waals surface area contributed by atoms with Crippen molar-refractivity contribution in [2.45, 2.75) is 44.7 Å². The highest BCUT2D eigenvalue weighted by atomic mass is 16.5. The minimum Gasteiger partial charge on any atom is -0.379 e. The van der Waals surface area contributed by atoms with Gasteiger partial charge in [0.1, 0.15) is 0 Å². The fourth-order valence-corrected chi connectivity index (χ4v) is 3.86. The molecule has 0 aliphatic carbocycles. The third-order valence-corrected chi connectivity index (χ3v) is 5.47. The Hall–Kier alpha value is -1.53. The Morgan fingerprint density at radius 2 is 2.16 bits per heavy atom. The van der Waals surface area contributed by atoms with Crippen LogP contribution in [-0.4, -0.2) is 71.9 Å². The van der Waals surface area contributed by atoms with Crippen LogP contribution < -0.4 is 5.32 Å². The lowest BCUT2D eigenvalue weighted by Gasteiger charge is -2.33. The number of carbonyl (C=O) groups excluding carboxylic acids is 1. The van der Waals surface area contributed by atoms with Crippen LogP contribution >= 0.6 is 0 Å². The summed E-state index contributed by atoms with van der Waals surface area (Å²) < 4.78 is 7.57. The Kier molecular flexibility index (Phi) is 6.37. The van der Waals surface area contributed by atoms with Crippen molar-refractivity contribution in [1.82, 2.24) is 19.7 Å². The van der Waals surface area contributed by atoms with Gasteiger partial charge in [-0.05, 0) is 44.7 Å². The van der Waals surface area contributed by atoms with Crippen LogP contribution in [0.4, 0.5) is 4.79 Å². The van der Waals surface area contributed by atoms with Gasteiger partial charge in [0.15, 0.2) is 0 Å². The molecule has 6 heteroatoms. The van der Waals surface area contributed by atoms with Crippen molar-refractivity contribution in [1.29, 1.82) is 0 Å². The number of carbonyl (C=O) groups is 1. The first kappa shape index (κ1) is 18.3. The summed E-state index contributed by atoms with van der Waals surface area (Å²) >= 11 is 0. The minimum absolute atomic E-state index is 0.107. The monoisotopic (exact) mass is 348 g/mol. The molecule has 6 nitrogen and oxygen atoms in total. The molecule has 0 bridgehead atoms. The number of urea groups is 1. The second-order valence-corrected chi connectivity index (χ2v) is 7.40. The van der Waals surface area contributed by atoms with Gasteiger partial charge >= 0.3 is 6.03 Å². The number of aryl methyl sites for hydroxylation is 2. The molecular formula is C19H32N4O2. The van der Waals surface area contributed by atoms with Gasteiger partial charge in [-0.25, -0.2) is 4.79 Å². The van der Waals surface area contributed by atoms with Crippen molar-refractivity contribution < 1.29 is 9.53 Å². The standard InChI is InChI=1S/C19H32N4O2/c1-16(7-8-17-5-3-9-21(17)2)20-19(24)23-10-4-6-18(23)15-22-11-13-25-14-12-22/h3,5,9,16,18H,4,6-8,10-15H2,1-2H3,(H,20,24). The Labute approximate surface area is 151 Å². The number of ether oxygens (including phenoxy) is 1. The number of aromatic nitrogens is 1. The number of morpholine rings is 1. The SMILES string of the molecule is CC(CCc1cccn1C)NC(=O)N1CCCC1CN1CCOCC1. The molecule has 1 N–H and O–H groups in total. The molecule has 2 amide bonds. The highest BCUT2D eigenvalue weighted by Gasteiger charge is 2.31. The van der Waals surface area contributed by atoms with E-state index in [-0.39, 0.29) is 12.1 Å². The molecule has 0 spiro atoms. The van der Waals surface area contributed by atoms with E-state index in [1.807, 2.05) is 0 Å². The molecule has 2 fully saturated rings. The quantitative estimate of drug-likeness (QED) is 0.854. The highest BCUT2D eigenvalue weighted by molar-refractivity contribution is 5.75. The first-order chi connectivity index (χ1) is 12.1. The Morgan fingerprint density at radius 1 is 1.36 bits per heavy atom. The fourth-order valence-electron chi connectivity index (χ4n) is 3.86. The number of nitrogens with one attached hydrogen (secondary N) is 1. The predicted octanol–water partition coefficient (Wildman–Crippen LogP) is 1.85. The van der Waals surface area contributed by atoms with Crippen molar-refractivity contribution in [3.8, 4) is 0 Å². The summed E-state index contributed by atoms with van der Waals surface area (Å²) in [5.74, 6) is 0. The van der Waals surface area contributed by atoms with Gasteiger partial charge in [0.25, 0.3) is 0 Å². The lowest BCUT2D eigenvalue weighted by Crippen LogP contribution is -2.50. The molecule has 2 saturated heterocycles. The number of rotatable bonds is 6. The van der Waals surface area contributed by atoms with E-state index in [1.54, 1.807) is 0 Å². The van der Waals surface area contributed by atoms with E-state index >= 15 is 0 Å². The molecule has 2 aliphatic heterocycles. The van der Waals surface area contributed by atoms with E-state index in [0.717, 1.165) is 65.1 Å². The third-order valence-electron chi connectivity index (χ3n) is 5.47. The summed E-state index contributed by atoms with van der Waals surface area (Å²) in [5, 5.41) is 3.21. The van der Waals surface area contributed by atoms with Crippen molar-refractivity contribution >= 4 is 6.03 Å². The van der Waals surface area contributed by atoms with Crippen LogP contribution in [0.3, 0.4) is 0 Å². The molecule has 2 unspecified atom stereocenters. The topological polar surface area (TPSA) is 49.7 Å². The van der Waals surface area contributed by atoms with E-state index in [2.05, 4.69) is 52.0 Å². The molecule has 3 heterocycles. The molecule has 0 aromatic carbocycles. The van der Waals surface area contributed by atoms with Crippen LogP contribution in [0.5, 0.6) is 0 Å². The molecule has 1 aromatic rings. The van der Waals surface area contributed by atoms with Crippen LogP contribution in [0.2, 0.25) is 0 Å². The normalized spacial score (nSPS) is 23.0. The molecule has 25 heavy (non-hydrogen) atoms. The van der Waals surface area contributed by atoms with Crippen LogP contribution in [0.1, 0.15) is 31.9 Å².